The van der Waals surface area contributed by atoms with Crippen LogP contribution < -0.4 is 11.3 Å². The van der Waals surface area contributed by atoms with Crippen LogP contribution in [0, 0.1) is 0 Å². The first-order valence-electron chi connectivity index (χ1n) is 6.01. The molecule has 0 radical (unpaired) electrons. The van der Waals surface area contributed by atoms with Gasteiger partial charge in [-0.25, -0.2) is 4.79 Å². The number of pyridine rings is 1. The van der Waals surface area contributed by atoms with E-state index >= 15 is 0 Å². The van der Waals surface area contributed by atoms with Gasteiger partial charge in [-0.2, -0.15) is 0 Å². The summed E-state index contributed by atoms with van der Waals surface area (Å²) in [6.07, 6.45) is 0. The summed E-state index contributed by atoms with van der Waals surface area (Å²) < 4.78 is 6.15. The van der Waals surface area contributed by atoms with E-state index in [-0.39, 0.29) is 12.1 Å². The number of benzene rings is 1. The van der Waals surface area contributed by atoms with E-state index < -0.39 is 12.0 Å². The number of carbonyl (C=O) groups excluding carboxylic acids is 1. The van der Waals surface area contributed by atoms with Crippen LogP contribution in [0.5, 0.6) is 0 Å². The molecular weight excluding hydrogens is 244 g/mol. The number of nitrogens with two attached hydrogens (primary N) is 1. The van der Waals surface area contributed by atoms with E-state index in [0.29, 0.717) is 11.1 Å². The largest absolute Gasteiger partial charge is 0.467 e. The molecule has 0 saturated heterocycles. The molecule has 0 bridgehead atoms. The second kappa shape index (κ2) is 5.24. The average Bonchev–Trinajstić information content (AvgIpc) is 2.45. The van der Waals surface area contributed by atoms with E-state index in [0.717, 1.165) is 5.39 Å². The van der Waals surface area contributed by atoms with Gasteiger partial charge in [0.25, 0.3) is 5.56 Å². The van der Waals surface area contributed by atoms with Crippen LogP contribution in [-0.2, 0) is 16.1 Å². The molecule has 0 aliphatic heterocycles. The summed E-state index contributed by atoms with van der Waals surface area (Å²) >= 11 is 0. The van der Waals surface area contributed by atoms with Crippen LogP contribution in [0.2, 0.25) is 0 Å². The van der Waals surface area contributed by atoms with Crippen molar-refractivity contribution >= 4 is 16.9 Å². The number of hydrogen-bond acceptors (Lipinski definition) is 4. The summed E-state index contributed by atoms with van der Waals surface area (Å²) in [4.78, 5) is 24.0. The Bertz CT molecular complexity index is 676. The third kappa shape index (κ3) is 2.24. The molecule has 0 aliphatic rings. The van der Waals surface area contributed by atoms with Gasteiger partial charge in [0.1, 0.15) is 6.04 Å². The van der Waals surface area contributed by atoms with Gasteiger partial charge in [-0.3, -0.25) is 9.36 Å². The molecule has 0 fully saturated rings. The molecule has 5 heteroatoms. The van der Waals surface area contributed by atoms with Crippen molar-refractivity contribution in [2.45, 2.75) is 19.5 Å². The Morgan fingerprint density at radius 2 is 2.11 bits per heavy atom. The smallest absolute Gasteiger partial charge is 0.328 e. The second-order valence-corrected chi connectivity index (χ2v) is 4.31. The molecule has 2 N–H and O–H groups in total. The van der Waals surface area contributed by atoms with Gasteiger partial charge >= 0.3 is 5.97 Å². The molecule has 100 valence electrons. The number of rotatable bonds is 3. The van der Waals surface area contributed by atoms with Crippen LogP contribution in [0.3, 0.4) is 0 Å². The fourth-order valence-electron chi connectivity index (χ4n) is 2.15. The predicted molar refractivity (Wildman–Crippen MR) is 72.8 cm³/mol. The zero-order chi connectivity index (χ0) is 14.0. The molecule has 1 aromatic carbocycles. The van der Waals surface area contributed by atoms with E-state index in [4.69, 9.17) is 10.5 Å². The van der Waals surface area contributed by atoms with Gasteiger partial charge in [-0.05, 0) is 24.4 Å². The molecule has 1 aromatic heterocycles. The minimum atomic E-state index is -0.686. The lowest BCUT2D eigenvalue weighted by atomic mass is 10.1. The van der Waals surface area contributed by atoms with Crippen molar-refractivity contribution in [1.82, 2.24) is 4.57 Å². The minimum absolute atomic E-state index is 0.136. The van der Waals surface area contributed by atoms with E-state index in [1.54, 1.807) is 19.1 Å². The minimum Gasteiger partial charge on any atom is -0.467 e. The SMILES string of the molecule is COC(=O)C(C)n1c(=O)c(CN)cc2ccccc21. The zero-order valence-electron chi connectivity index (χ0n) is 10.9. The van der Waals surface area contributed by atoms with Crippen LogP contribution in [0.1, 0.15) is 18.5 Å². The topological polar surface area (TPSA) is 74.3 Å². The highest BCUT2D eigenvalue weighted by molar-refractivity contribution is 5.82. The van der Waals surface area contributed by atoms with Crippen molar-refractivity contribution < 1.29 is 9.53 Å². The number of nitrogens with zero attached hydrogens (tertiary/aromatic N) is 1. The van der Waals surface area contributed by atoms with Gasteiger partial charge in [0.05, 0.1) is 12.6 Å². The van der Waals surface area contributed by atoms with Crippen molar-refractivity contribution in [3.05, 3.63) is 46.2 Å². The van der Waals surface area contributed by atoms with Crippen molar-refractivity contribution in [3.8, 4) is 0 Å². The van der Waals surface area contributed by atoms with E-state index in [9.17, 15) is 9.59 Å². The summed E-state index contributed by atoms with van der Waals surface area (Å²) in [5, 5.41) is 0.873. The normalized spacial score (nSPS) is 12.4. The molecule has 0 spiro atoms. The summed E-state index contributed by atoms with van der Waals surface area (Å²) in [6.45, 7) is 1.78. The summed E-state index contributed by atoms with van der Waals surface area (Å²) in [5.74, 6) is -0.457. The van der Waals surface area contributed by atoms with Crippen LogP contribution >= 0.6 is 0 Å². The van der Waals surface area contributed by atoms with Crippen LogP contribution in [0.15, 0.2) is 35.1 Å². The summed E-state index contributed by atoms with van der Waals surface area (Å²) in [5.41, 5.74) is 6.52. The number of fused-ring (bicyclic) bond motifs is 1. The van der Waals surface area contributed by atoms with Gasteiger partial charge in [-0.1, -0.05) is 18.2 Å². The average molecular weight is 260 g/mol. The van der Waals surface area contributed by atoms with E-state index in [1.165, 1.54) is 11.7 Å². The standard InChI is InChI=1S/C14H16N2O3/c1-9(14(18)19-2)16-12-6-4-3-5-10(12)7-11(8-15)13(16)17/h3-7,9H,8,15H2,1-2H3. The van der Waals surface area contributed by atoms with Gasteiger partial charge in [0.2, 0.25) is 0 Å². The van der Waals surface area contributed by atoms with Crippen molar-refractivity contribution in [1.29, 1.82) is 0 Å². The van der Waals surface area contributed by atoms with E-state index in [2.05, 4.69) is 0 Å². The second-order valence-electron chi connectivity index (χ2n) is 4.31. The molecule has 1 unspecified atom stereocenters. The Labute approximate surface area is 110 Å². The maximum absolute atomic E-state index is 12.4. The molecule has 19 heavy (non-hydrogen) atoms. The molecule has 2 aromatic rings. The monoisotopic (exact) mass is 260 g/mol. The number of aromatic nitrogens is 1. The Balaban J connectivity index is 2.79. The number of esters is 1. The molecule has 0 saturated carbocycles. The fourth-order valence-corrected chi connectivity index (χ4v) is 2.15. The molecule has 5 nitrogen and oxygen atoms in total. The maximum Gasteiger partial charge on any atom is 0.328 e. The number of methoxy groups -OCH3 is 1. The van der Waals surface area contributed by atoms with Gasteiger partial charge < -0.3 is 10.5 Å². The lowest BCUT2D eigenvalue weighted by molar-refractivity contribution is -0.144. The highest BCUT2D eigenvalue weighted by Crippen LogP contribution is 2.17. The maximum atomic E-state index is 12.4. The van der Waals surface area contributed by atoms with Gasteiger partial charge in [0, 0.05) is 12.1 Å². The van der Waals surface area contributed by atoms with Crippen LogP contribution in [0.25, 0.3) is 10.9 Å². The van der Waals surface area contributed by atoms with Crippen LogP contribution in [-0.4, -0.2) is 17.6 Å². The third-order valence-corrected chi connectivity index (χ3v) is 3.17. The Hall–Kier alpha value is -2.14. The fraction of sp³-hybridized carbons (Fsp3) is 0.286. The Morgan fingerprint density at radius 3 is 2.74 bits per heavy atom. The third-order valence-electron chi connectivity index (χ3n) is 3.17. The first kappa shape index (κ1) is 13.3. The molecule has 0 aliphatic carbocycles. The lowest BCUT2D eigenvalue weighted by Gasteiger charge is -2.17. The van der Waals surface area contributed by atoms with Gasteiger partial charge in [-0.15, -0.1) is 0 Å². The number of para-hydroxylation sites is 1. The molecule has 2 rings (SSSR count). The summed E-state index contributed by atoms with van der Waals surface area (Å²) in [6, 6.07) is 8.46. The van der Waals surface area contributed by atoms with Crippen molar-refractivity contribution in [2.75, 3.05) is 7.11 Å². The molecule has 0 amide bonds. The predicted octanol–water partition coefficient (Wildman–Crippen LogP) is 1.19. The van der Waals surface area contributed by atoms with Crippen molar-refractivity contribution in [2.24, 2.45) is 5.73 Å². The van der Waals surface area contributed by atoms with Crippen LogP contribution in [0.4, 0.5) is 0 Å². The lowest BCUT2D eigenvalue weighted by Crippen LogP contribution is -2.32. The molecule has 1 atom stereocenters. The molecule has 1 heterocycles. The zero-order valence-corrected chi connectivity index (χ0v) is 10.9. The number of carbonyl (C=O) groups is 1. The first-order valence-corrected chi connectivity index (χ1v) is 6.01. The summed E-state index contributed by atoms with van der Waals surface area (Å²) in [7, 11) is 1.30. The van der Waals surface area contributed by atoms with E-state index in [1.807, 2.05) is 18.2 Å². The number of hydrogen-bond donors (Lipinski definition) is 1. The quantitative estimate of drug-likeness (QED) is 0.841. The highest BCUT2D eigenvalue weighted by Gasteiger charge is 2.20. The Morgan fingerprint density at radius 1 is 1.42 bits per heavy atom. The highest BCUT2D eigenvalue weighted by atomic mass is 16.5. The first-order chi connectivity index (χ1) is 9.10. The Kier molecular flexibility index (Phi) is 3.66. The van der Waals surface area contributed by atoms with Gasteiger partial charge in [0.15, 0.2) is 0 Å². The van der Waals surface area contributed by atoms with Crippen molar-refractivity contribution in [3.63, 3.8) is 0 Å². The number of ether oxygens (including phenoxy) is 1. The molecular formula is C14H16N2O3.